The Balaban J connectivity index is 2.77. The fourth-order valence-corrected chi connectivity index (χ4v) is 1.83. The molecule has 1 aromatic rings. The summed E-state index contributed by atoms with van der Waals surface area (Å²) in [6.45, 7) is 3.45. The molecule has 19 heavy (non-hydrogen) atoms. The molecule has 0 aromatic heterocycles. The number of aliphatic carboxylic acids is 1. The van der Waals surface area contributed by atoms with Crippen molar-refractivity contribution in [3.63, 3.8) is 0 Å². The number of benzene rings is 1. The van der Waals surface area contributed by atoms with Crippen LogP contribution in [-0.2, 0) is 4.79 Å². The van der Waals surface area contributed by atoms with Gasteiger partial charge in [-0.15, -0.1) is 0 Å². The normalized spacial score (nSPS) is 11.8. The fraction of sp³-hybridized carbons (Fsp3) is 0.333. The monoisotopic (exact) mass is 304 g/mol. The average Bonchev–Trinajstić information content (AvgIpc) is 2.32. The standard InChI is InChI=1S/C12H14Cl2N2O3/c1-3-9(11(17)18)15-12(19)16-10-5-7(13)6(2)4-8(10)14/h4-5,9H,3H2,1-2H3,(H,17,18)(H2,15,16,19). The number of rotatable bonds is 4. The molecular formula is C12H14Cl2N2O3. The predicted octanol–water partition coefficient (Wildman–Crippen LogP) is 3.29. The molecule has 0 aliphatic carbocycles. The summed E-state index contributed by atoms with van der Waals surface area (Å²) in [6, 6.07) is 1.55. The van der Waals surface area contributed by atoms with Crippen LogP contribution in [0.1, 0.15) is 18.9 Å². The maximum absolute atomic E-state index is 11.6. The van der Waals surface area contributed by atoms with Crippen molar-refractivity contribution in [2.45, 2.75) is 26.3 Å². The van der Waals surface area contributed by atoms with E-state index in [0.29, 0.717) is 15.7 Å². The van der Waals surface area contributed by atoms with Gasteiger partial charge in [0.05, 0.1) is 10.7 Å². The highest BCUT2D eigenvalue weighted by Gasteiger charge is 2.18. The molecule has 1 unspecified atom stereocenters. The van der Waals surface area contributed by atoms with Gasteiger partial charge < -0.3 is 15.7 Å². The molecule has 0 saturated carbocycles. The number of halogens is 2. The summed E-state index contributed by atoms with van der Waals surface area (Å²) >= 11 is 11.9. The van der Waals surface area contributed by atoms with Crippen LogP contribution < -0.4 is 10.6 Å². The van der Waals surface area contributed by atoms with Crippen LogP contribution in [-0.4, -0.2) is 23.1 Å². The SMILES string of the molecule is CCC(NC(=O)Nc1cc(Cl)c(C)cc1Cl)C(=O)O. The molecule has 1 rings (SSSR count). The number of hydrogen-bond acceptors (Lipinski definition) is 2. The first-order valence-corrected chi connectivity index (χ1v) is 6.36. The van der Waals surface area contributed by atoms with E-state index in [1.165, 1.54) is 6.07 Å². The summed E-state index contributed by atoms with van der Waals surface area (Å²) in [6.07, 6.45) is 0.283. The van der Waals surface area contributed by atoms with Crippen molar-refractivity contribution in [2.24, 2.45) is 0 Å². The number of urea groups is 1. The summed E-state index contributed by atoms with van der Waals surface area (Å²) in [7, 11) is 0. The summed E-state index contributed by atoms with van der Waals surface area (Å²) < 4.78 is 0. The molecule has 104 valence electrons. The van der Waals surface area contributed by atoms with Gasteiger partial charge in [-0.1, -0.05) is 30.1 Å². The molecule has 0 saturated heterocycles. The van der Waals surface area contributed by atoms with E-state index in [1.807, 2.05) is 0 Å². The Kier molecular flexibility index (Phi) is 5.44. The first-order chi connectivity index (χ1) is 8.85. The van der Waals surface area contributed by atoms with E-state index in [-0.39, 0.29) is 6.42 Å². The molecule has 0 fully saturated rings. The Morgan fingerprint density at radius 3 is 2.47 bits per heavy atom. The number of carboxylic acid groups (broad SMARTS) is 1. The zero-order chi connectivity index (χ0) is 14.6. The molecule has 2 amide bonds. The average molecular weight is 305 g/mol. The van der Waals surface area contributed by atoms with E-state index in [9.17, 15) is 9.59 Å². The lowest BCUT2D eigenvalue weighted by Crippen LogP contribution is -2.42. The number of aryl methyl sites for hydroxylation is 1. The van der Waals surface area contributed by atoms with Crippen LogP contribution in [0.25, 0.3) is 0 Å². The largest absolute Gasteiger partial charge is 0.480 e. The van der Waals surface area contributed by atoms with E-state index in [1.54, 1.807) is 19.9 Å². The van der Waals surface area contributed by atoms with Gasteiger partial charge >= 0.3 is 12.0 Å². The highest BCUT2D eigenvalue weighted by molar-refractivity contribution is 6.36. The predicted molar refractivity (Wildman–Crippen MR) is 75.1 cm³/mol. The molecule has 0 heterocycles. The zero-order valence-corrected chi connectivity index (χ0v) is 12.0. The number of nitrogens with one attached hydrogen (secondary N) is 2. The van der Waals surface area contributed by atoms with Crippen molar-refractivity contribution >= 4 is 40.9 Å². The summed E-state index contributed by atoms with van der Waals surface area (Å²) in [5.41, 5.74) is 1.12. The molecule has 0 radical (unpaired) electrons. The lowest BCUT2D eigenvalue weighted by Gasteiger charge is -2.14. The fourth-order valence-electron chi connectivity index (χ4n) is 1.40. The van der Waals surface area contributed by atoms with Crippen molar-refractivity contribution < 1.29 is 14.7 Å². The van der Waals surface area contributed by atoms with E-state index in [2.05, 4.69) is 10.6 Å². The maximum atomic E-state index is 11.6. The van der Waals surface area contributed by atoms with Crippen molar-refractivity contribution in [1.82, 2.24) is 5.32 Å². The third-order valence-electron chi connectivity index (χ3n) is 2.51. The molecule has 1 atom stereocenters. The minimum absolute atomic E-state index is 0.283. The summed E-state index contributed by atoms with van der Waals surface area (Å²) in [4.78, 5) is 22.4. The van der Waals surface area contributed by atoms with Crippen molar-refractivity contribution in [1.29, 1.82) is 0 Å². The number of amides is 2. The summed E-state index contributed by atoms with van der Waals surface area (Å²) in [5.74, 6) is -1.09. The van der Waals surface area contributed by atoms with Gasteiger partial charge in [0.1, 0.15) is 6.04 Å². The van der Waals surface area contributed by atoms with E-state index < -0.39 is 18.0 Å². The number of carbonyl (C=O) groups is 2. The minimum atomic E-state index is -1.09. The van der Waals surface area contributed by atoms with Crippen molar-refractivity contribution in [3.05, 3.63) is 27.7 Å². The van der Waals surface area contributed by atoms with Crippen LogP contribution in [0.3, 0.4) is 0 Å². The van der Waals surface area contributed by atoms with Gasteiger partial charge in [0.2, 0.25) is 0 Å². The molecule has 0 bridgehead atoms. The molecule has 0 aliphatic heterocycles. The van der Waals surface area contributed by atoms with Crippen LogP contribution in [0.4, 0.5) is 10.5 Å². The maximum Gasteiger partial charge on any atom is 0.326 e. The zero-order valence-electron chi connectivity index (χ0n) is 10.5. The smallest absolute Gasteiger partial charge is 0.326 e. The Morgan fingerprint density at radius 2 is 1.95 bits per heavy atom. The van der Waals surface area contributed by atoms with Gasteiger partial charge in [-0.05, 0) is 31.0 Å². The van der Waals surface area contributed by atoms with Crippen LogP contribution in [0.15, 0.2) is 12.1 Å². The summed E-state index contributed by atoms with van der Waals surface area (Å²) in [5, 5.41) is 14.4. The number of carbonyl (C=O) groups excluding carboxylic acids is 1. The Bertz CT molecular complexity index is 506. The van der Waals surface area contributed by atoms with Gasteiger partial charge in [0.15, 0.2) is 0 Å². The van der Waals surface area contributed by atoms with Gasteiger partial charge in [-0.25, -0.2) is 9.59 Å². The third kappa shape index (κ3) is 4.29. The van der Waals surface area contributed by atoms with Gasteiger partial charge in [-0.3, -0.25) is 0 Å². The van der Waals surface area contributed by atoms with Crippen molar-refractivity contribution in [2.75, 3.05) is 5.32 Å². The second-order valence-electron chi connectivity index (χ2n) is 3.98. The van der Waals surface area contributed by atoms with Gasteiger partial charge in [0.25, 0.3) is 0 Å². The Hall–Kier alpha value is -1.46. The van der Waals surface area contributed by atoms with Gasteiger partial charge in [0, 0.05) is 5.02 Å². The van der Waals surface area contributed by atoms with Crippen LogP contribution in [0.2, 0.25) is 10.0 Å². The Labute approximate surface area is 120 Å². The molecule has 3 N–H and O–H groups in total. The molecular weight excluding hydrogens is 291 g/mol. The quantitative estimate of drug-likeness (QED) is 0.798. The van der Waals surface area contributed by atoms with E-state index in [0.717, 1.165) is 5.56 Å². The molecule has 1 aromatic carbocycles. The molecule has 7 heteroatoms. The second-order valence-corrected chi connectivity index (χ2v) is 4.79. The second kappa shape index (κ2) is 6.63. The van der Waals surface area contributed by atoms with E-state index >= 15 is 0 Å². The van der Waals surface area contributed by atoms with Crippen molar-refractivity contribution in [3.8, 4) is 0 Å². The van der Waals surface area contributed by atoms with E-state index in [4.69, 9.17) is 28.3 Å². The van der Waals surface area contributed by atoms with Crippen LogP contribution in [0.5, 0.6) is 0 Å². The molecule has 0 spiro atoms. The lowest BCUT2D eigenvalue weighted by molar-refractivity contribution is -0.139. The first kappa shape index (κ1) is 15.6. The van der Waals surface area contributed by atoms with Gasteiger partial charge in [-0.2, -0.15) is 0 Å². The van der Waals surface area contributed by atoms with Crippen LogP contribution >= 0.6 is 23.2 Å². The van der Waals surface area contributed by atoms with Crippen LogP contribution in [0, 0.1) is 6.92 Å². The lowest BCUT2D eigenvalue weighted by atomic mass is 10.2. The Morgan fingerprint density at radius 1 is 1.32 bits per heavy atom. The minimum Gasteiger partial charge on any atom is -0.480 e. The number of carboxylic acids is 1. The molecule has 0 aliphatic rings. The highest BCUT2D eigenvalue weighted by Crippen LogP contribution is 2.28. The number of hydrogen-bond donors (Lipinski definition) is 3. The first-order valence-electron chi connectivity index (χ1n) is 5.61. The highest BCUT2D eigenvalue weighted by atomic mass is 35.5. The number of anilines is 1. The molecule has 5 nitrogen and oxygen atoms in total. The topological polar surface area (TPSA) is 78.4 Å². The third-order valence-corrected chi connectivity index (χ3v) is 3.23.